The number of isocyanates is 1. The van der Waals surface area contributed by atoms with Crippen molar-refractivity contribution in [1.82, 2.24) is 0 Å². The summed E-state index contributed by atoms with van der Waals surface area (Å²) in [5.74, 6) is 0.285. The fraction of sp³-hybridized carbons (Fsp3) is 0.462. The molecule has 5 nitrogen and oxygen atoms in total. The predicted octanol–water partition coefficient (Wildman–Crippen LogP) is 1.81. The predicted molar refractivity (Wildman–Crippen MR) is 69.8 cm³/mol. The number of hydrogen-bond donors (Lipinski definition) is 0. The van der Waals surface area contributed by atoms with Crippen LogP contribution in [0.25, 0.3) is 0 Å². The Labute approximate surface area is 112 Å². The van der Waals surface area contributed by atoms with Gasteiger partial charge in [-0.05, 0) is 37.0 Å². The van der Waals surface area contributed by atoms with Crippen molar-refractivity contribution in [3.63, 3.8) is 0 Å². The van der Waals surface area contributed by atoms with Gasteiger partial charge in [0.15, 0.2) is 9.84 Å². The van der Waals surface area contributed by atoms with Crippen LogP contribution in [0, 0.1) is 0 Å². The van der Waals surface area contributed by atoms with E-state index in [2.05, 4.69) is 4.99 Å². The van der Waals surface area contributed by atoms with Crippen molar-refractivity contribution in [2.75, 3.05) is 13.4 Å². The molecule has 0 aliphatic heterocycles. The van der Waals surface area contributed by atoms with Gasteiger partial charge in [-0.3, -0.25) is 0 Å². The van der Waals surface area contributed by atoms with Crippen LogP contribution in [0.5, 0.6) is 5.75 Å². The van der Waals surface area contributed by atoms with Gasteiger partial charge in [0.05, 0.1) is 12.6 Å². The van der Waals surface area contributed by atoms with Crippen molar-refractivity contribution in [2.45, 2.75) is 29.7 Å². The highest BCUT2D eigenvalue weighted by atomic mass is 32.2. The minimum absolute atomic E-state index is 0.142. The maximum Gasteiger partial charge on any atom is 0.235 e. The minimum Gasteiger partial charge on any atom is -0.495 e. The summed E-state index contributed by atoms with van der Waals surface area (Å²) in [6.45, 7) is 0. The summed E-state index contributed by atoms with van der Waals surface area (Å²) in [5, 5.41) is 0. The Balaban J connectivity index is 2.54. The van der Waals surface area contributed by atoms with Crippen LogP contribution in [-0.4, -0.2) is 27.9 Å². The van der Waals surface area contributed by atoms with E-state index in [-0.39, 0.29) is 10.6 Å². The maximum atomic E-state index is 11.6. The minimum atomic E-state index is -3.34. The van der Waals surface area contributed by atoms with Crippen molar-refractivity contribution in [2.24, 2.45) is 4.99 Å². The first-order valence-electron chi connectivity index (χ1n) is 5.90. The highest BCUT2D eigenvalue weighted by molar-refractivity contribution is 7.90. The van der Waals surface area contributed by atoms with Gasteiger partial charge >= 0.3 is 0 Å². The molecular formula is C13H15NO4S. The second kappa shape index (κ2) is 4.79. The highest BCUT2D eigenvalue weighted by Gasteiger charge is 2.39. The summed E-state index contributed by atoms with van der Waals surface area (Å²) in [7, 11) is -1.92. The van der Waals surface area contributed by atoms with Crippen molar-refractivity contribution < 1.29 is 17.9 Å². The maximum absolute atomic E-state index is 11.6. The third-order valence-corrected chi connectivity index (χ3v) is 4.68. The molecule has 0 aromatic heterocycles. The summed E-state index contributed by atoms with van der Waals surface area (Å²) < 4.78 is 28.4. The Kier molecular flexibility index (Phi) is 3.47. The Bertz CT molecular complexity index is 641. The molecule has 0 atom stereocenters. The van der Waals surface area contributed by atoms with Gasteiger partial charge in [-0.2, -0.15) is 4.99 Å². The number of benzene rings is 1. The van der Waals surface area contributed by atoms with Gasteiger partial charge in [0.25, 0.3) is 0 Å². The van der Waals surface area contributed by atoms with Crippen LogP contribution in [0.15, 0.2) is 28.1 Å². The molecule has 102 valence electrons. The van der Waals surface area contributed by atoms with Gasteiger partial charge in [-0.25, -0.2) is 13.2 Å². The third-order valence-electron chi connectivity index (χ3n) is 3.54. The second-order valence-electron chi connectivity index (χ2n) is 4.73. The van der Waals surface area contributed by atoms with Gasteiger partial charge in [0, 0.05) is 6.26 Å². The topological polar surface area (TPSA) is 72.8 Å². The normalized spacial score (nSPS) is 17.2. The summed E-state index contributed by atoms with van der Waals surface area (Å²) in [5.41, 5.74) is 0.247. The molecule has 0 unspecified atom stereocenters. The molecule has 1 aliphatic carbocycles. The number of hydrogen-bond acceptors (Lipinski definition) is 5. The average Bonchev–Trinajstić information content (AvgIpc) is 2.31. The standard InChI is InChI=1S/C13H15NO4S/c1-18-11-8-10(4-5-12(11)19(2,16)17)13(14-9-15)6-3-7-13/h4-5,8H,3,6-7H2,1-2H3. The Morgan fingerprint density at radius 1 is 1.37 bits per heavy atom. The smallest absolute Gasteiger partial charge is 0.235 e. The monoisotopic (exact) mass is 281 g/mol. The van der Waals surface area contributed by atoms with Crippen LogP contribution in [-0.2, 0) is 20.2 Å². The SMILES string of the molecule is COc1cc(C2(N=C=O)CCC2)ccc1S(C)(=O)=O. The third kappa shape index (κ3) is 2.41. The van der Waals surface area contributed by atoms with E-state index in [1.54, 1.807) is 18.2 Å². The molecule has 1 aromatic carbocycles. The molecule has 0 saturated heterocycles. The van der Waals surface area contributed by atoms with Crippen molar-refractivity contribution in [3.8, 4) is 5.75 Å². The lowest BCUT2D eigenvalue weighted by Crippen LogP contribution is -2.31. The number of ether oxygens (including phenoxy) is 1. The van der Waals surface area contributed by atoms with E-state index in [4.69, 9.17) is 4.74 Å². The Morgan fingerprint density at radius 2 is 2.05 bits per heavy atom. The molecule has 1 saturated carbocycles. The van der Waals surface area contributed by atoms with E-state index in [0.717, 1.165) is 31.1 Å². The molecule has 1 fully saturated rings. The Morgan fingerprint density at radius 3 is 2.47 bits per heavy atom. The molecule has 0 N–H and O–H groups in total. The van der Waals surface area contributed by atoms with E-state index in [1.807, 2.05) is 0 Å². The van der Waals surface area contributed by atoms with E-state index < -0.39 is 15.4 Å². The van der Waals surface area contributed by atoms with Gasteiger partial charge in [0.2, 0.25) is 6.08 Å². The van der Waals surface area contributed by atoms with E-state index in [0.29, 0.717) is 0 Å². The summed E-state index contributed by atoms with van der Waals surface area (Å²) in [4.78, 5) is 14.6. The van der Waals surface area contributed by atoms with Gasteiger partial charge in [-0.1, -0.05) is 6.07 Å². The van der Waals surface area contributed by atoms with Crippen LogP contribution in [0.1, 0.15) is 24.8 Å². The van der Waals surface area contributed by atoms with Crippen LogP contribution in [0.3, 0.4) is 0 Å². The summed E-state index contributed by atoms with van der Waals surface area (Å²) in [6, 6.07) is 4.85. The molecule has 1 aliphatic rings. The molecule has 2 rings (SSSR count). The number of aliphatic imine (C=N–C) groups is 1. The van der Waals surface area contributed by atoms with Crippen LogP contribution < -0.4 is 4.74 Å². The van der Waals surface area contributed by atoms with Crippen molar-refractivity contribution >= 4 is 15.9 Å². The first-order valence-corrected chi connectivity index (χ1v) is 7.80. The van der Waals surface area contributed by atoms with E-state index in [1.165, 1.54) is 13.2 Å². The number of carbonyl (C=O) groups excluding carboxylic acids is 1. The molecular weight excluding hydrogens is 266 g/mol. The summed E-state index contributed by atoms with van der Waals surface area (Å²) >= 11 is 0. The summed E-state index contributed by atoms with van der Waals surface area (Å²) in [6.07, 6.45) is 5.26. The average molecular weight is 281 g/mol. The van der Waals surface area contributed by atoms with Crippen LogP contribution in [0.4, 0.5) is 0 Å². The highest BCUT2D eigenvalue weighted by Crippen LogP contribution is 2.46. The zero-order chi connectivity index (χ0) is 14.1. The molecule has 0 spiro atoms. The quantitative estimate of drug-likeness (QED) is 0.623. The molecule has 0 bridgehead atoms. The number of rotatable bonds is 4. The van der Waals surface area contributed by atoms with Crippen LogP contribution >= 0.6 is 0 Å². The molecule has 0 radical (unpaired) electrons. The lowest BCUT2D eigenvalue weighted by atomic mass is 9.72. The fourth-order valence-corrected chi connectivity index (χ4v) is 3.15. The van der Waals surface area contributed by atoms with Crippen molar-refractivity contribution in [3.05, 3.63) is 23.8 Å². The fourth-order valence-electron chi connectivity index (χ4n) is 2.33. The van der Waals surface area contributed by atoms with Gasteiger partial charge in [0.1, 0.15) is 10.6 Å². The van der Waals surface area contributed by atoms with E-state index in [9.17, 15) is 13.2 Å². The molecule has 0 amide bonds. The molecule has 6 heteroatoms. The molecule has 0 heterocycles. The number of nitrogens with zero attached hydrogens (tertiary/aromatic N) is 1. The lowest BCUT2D eigenvalue weighted by Gasteiger charge is -2.37. The first-order chi connectivity index (χ1) is 8.93. The van der Waals surface area contributed by atoms with Gasteiger partial charge < -0.3 is 4.74 Å². The van der Waals surface area contributed by atoms with Crippen molar-refractivity contribution in [1.29, 1.82) is 0 Å². The first kappa shape index (κ1) is 13.8. The number of methoxy groups -OCH3 is 1. The van der Waals surface area contributed by atoms with Gasteiger partial charge in [-0.15, -0.1) is 0 Å². The molecule has 1 aromatic rings. The van der Waals surface area contributed by atoms with Crippen LogP contribution in [0.2, 0.25) is 0 Å². The van der Waals surface area contributed by atoms with E-state index >= 15 is 0 Å². The largest absolute Gasteiger partial charge is 0.495 e. The zero-order valence-electron chi connectivity index (χ0n) is 10.8. The lowest BCUT2D eigenvalue weighted by molar-refractivity contribution is 0.254. The molecule has 19 heavy (non-hydrogen) atoms. The Hall–Kier alpha value is -1.65. The number of sulfone groups is 1. The zero-order valence-corrected chi connectivity index (χ0v) is 11.7. The second-order valence-corrected chi connectivity index (χ2v) is 6.71.